The maximum absolute atomic E-state index is 13.2. The number of alkyl halides is 3. The lowest BCUT2D eigenvalue weighted by atomic mass is 10.0. The summed E-state index contributed by atoms with van der Waals surface area (Å²) in [6.45, 7) is -0.970. The molecule has 0 fully saturated rings. The van der Waals surface area contributed by atoms with E-state index in [2.05, 4.69) is 5.32 Å². The number of nitrogens with zero attached hydrogens (tertiary/aromatic N) is 1. The van der Waals surface area contributed by atoms with Crippen molar-refractivity contribution in [3.05, 3.63) is 60.0 Å². The third-order valence-corrected chi connectivity index (χ3v) is 4.08. The Morgan fingerprint density at radius 1 is 1.36 bits per heavy atom. The van der Waals surface area contributed by atoms with Crippen molar-refractivity contribution < 1.29 is 24.2 Å². The van der Waals surface area contributed by atoms with Gasteiger partial charge in [-0.05, 0) is 23.6 Å². The van der Waals surface area contributed by atoms with Crippen molar-refractivity contribution in [2.45, 2.75) is 23.4 Å². The molecule has 2 rings (SSSR count). The summed E-state index contributed by atoms with van der Waals surface area (Å²) in [5.41, 5.74) is 2.08. The molecule has 134 valence electrons. The highest BCUT2D eigenvalue weighted by Gasteiger charge is 2.26. The summed E-state index contributed by atoms with van der Waals surface area (Å²) in [7, 11) is 0. The molecule has 1 aliphatic carbocycles. The average Bonchev–Trinajstić information content (AvgIpc) is 2.85. The summed E-state index contributed by atoms with van der Waals surface area (Å²) in [5.74, 6) is -0.765. The first kappa shape index (κ1) is 19.4. The van der Waals surface area contributed by atoms with E-state index in [0.717, 1.165) is 15.9 Å². The lowest BCUT2D eigenvalue weighted by Gasteiger charge is -2.22. The van der Waals surface area contributed by atoms with Crippen LogP contribution in [0, 0.1) is 0 Å². The molecule has 0 saturated carbocycles. The molecule has 0 aliphatic heterocycles. The molecule has 0 spiro atoms. The van der Waals surface area contributed by atoms with Crippen LogP contribution in [0.25, 0.3) is 5.57 Å². The van der Waals surface area contributed by atoms with Gasteiger partial charge in [0, 0.05) is 10.8 Å². The fourth-order valence-electron chi connectivity index (χ4n) is 2.39. The molecule has 5 nitrogen and oxygen atoms in total. The van der Waals surface area contributed by atoms with E-state index in [1.165, 1.54) is 6.20 Å². The van der Waals surface area contributed by atoms with E-state index >= 15 is 0 Å². The molecular weight excluding hydrogens is 370 g/mol. The van der Waals surface area contributed by atoms with Gasteiger partial charge in [-0.3, -0.25) is 10.0 Å². The van der Waals surface area contributed by atoms with E-state index in [1.807, 2.05) is 12.1 Å². The number of halogens is 3. The van der Waals surface area contributed by atoms with Crippen LogP contribution in [0.5, 0.6) is 0 Å². The third-order valence-electron chi connectivity index (χ3n) is 3.68. The van der Waals surface area contributed by atoms with Gasteiger partial charge >= 0.3 is 0 Å². The Morgan fingerprint density at radius 3 is 2.76 bits per heavy atom. The van der Waals surface area contributed by atoms with E-state index in [1.54, 1.807) is 30.5 Å². The van der Waals surface area contributed by atoms with Crippen LogP contribution < -0.4 is 10.0 Å². The number of allylic oxidation sites excluding steroid dienone is 4. The molecular formula is C17H18Cl2FN2O3+. The lowest BCUT2D eigenvalue weighted by molar-refractivity contribution is -0.904. The highest BCUT2D eigenvalue weighted by atomic mass is 35.5. The predicted molar refractivity (Wildman–Crippen MR) is 93.0 cm³/mol. The minimum absolute atomic E-state index is 0.461. The maximum atomic E-state index is 13.2. The van der Waals surface area contributed by atoms with Gasteiger partial charge in [-0.25, -0.2) is 4.39 Å². The Hall–Kier alpha value is -1.89. The molecule has 8 heteroatoms. The lowest BCUT2D eigenvalue weighted by Crippen LogP contribution is -2.47. The summed E-state index contributed by atoms with van der Waals surface area (Å²) in [6, 6.07) is 2.37. The van der Waals surface area contributed by atoms with Crippen LogP contribution >= 0.6 is 23.2 Å². The minimum Gasteiger partial charge on any atom is -0.386 e. The van der Waals surface area contributed by atoms with Gasteiger partial charge in [-0.2, -0.15) is 0 Å². The summed E-state index contributed by atoms with van der Waals surface area (Å²) in [6.07, 6.45) is 9.32. The zero-order valence-corrected chi connectivity index (χ0v) is 14.7. The fraction of sp³-hybridized carbons (Fsp3) is 0.294. The smallest absolute Gasteiger partial charge is 0.253 e. The second kappa shape index (κ2) is 8.99. The molecule has 1 aliphatic rings. The zero-order valence-electron chi connectivity index (χ0n) is 13.1. The number of aliphatic hydroxyl groups is 1. The number of pyridine rings is 1. The molecule has 2 atom stereocenters. The second-order valence-electron chi connectivity index (χ2n) is 5.42. The van der Waals surface area contributed by atoms with E-state index in [9.17, 15) is 19.5 Å². The van der Waals surface area contributed by atoms with Crippen LogP contribution in [0.1, 0.15) is 12.0 Å². The molecule has 25 heavy (non-hydrogen) atoms. The zero-order chi connectivity index (χ0) is 18.4. The standard InChI is InChI=1S/C17H17Cl2FN2O3/c18-16(19)17(24)21-14(9-20)15(23)12-4-1-3-11(6-7-12)13-5-2-8-22(25)10-13/h2-8,10,14-16,23H,1,9H2,(H-,21,24,25)/p+1. The first-order chi connectivity index (χ1) is 11.9. The van der Waals surface area contributed by atoms with Crippen molar-refractivity contribution in [1.29, 1.82) is 0 Å². The molecule has 1 aromatic rings. The first-order valence-electron chi connectivity index (χ1n) is 7.54. The van der Waals surface area contributed by atoms with Gasteiger partial charge in [0.05, 0.1) is 11.6 Å². The molecule has 1 heterocycles. The van der Waals surface area contributed by atoms with Gasteiger partial charge in [-0.15, -0.1) is 0 Å². The second-order valence-corrected chi connectivity index (χ2v) is 6.52. The number of hydrogen-bond donors (Lipinski definition) is 3. The van der Waals surface area contributed by atoms with Crippen molar-refractivity contribution in [1.82, 2.24) is 5.32 Å². The van der Waals surface area contributed by atoms with E-state index in [4.69, 9.17) is 23.2 Å². The van der Waals surface area contributed by atoms with Crippen LogP contribution in [0.15, 0.2) is 54.4 Å². The molecule has 1 aromatic heterocycles. The third kappa shape index (κ3) is 5.29. The van der Waals surface area contributed by atoms with E-state index in [0.29, 0.717) is 12.0 Å². The number of aliphatic hydroxyl groups excluding tert-OH is 1. The van der Waals surface area contributed by atoms with Gasteiger partial charge in [0.1, 0.15) is 12.8 Å². The monoisotopic (exact) mass is 387 g/mol. The highest BCUT2D eigenvalue weighted by Crippen LogP contribution is 2.22. The number of nitrogens with one attached hydrogen (secondary N) is 1. The summed E-state index contributed by atoms with van der Waals surface area (Å²) < 4.78 is 14.2. The van der Waals surface area contributed by atoms with Crippen molar-refractivity contribution in [2.75, 3.05) is 6.67 Å². The molecule has 3 N–H and O–H groups in total. The van der Waals surface area contributed by atoms with Gasteiger partial charge in [0.15, 0.2) is 4.84 Å². The number of rotatable bonds is 6. The van der Waals surface area contributed by atoms with Gasteiger partial charge < -0.3 is 10.4 Å². The van der Waals surface area contributed by atoms with E-state index < -0.39 is 29.6 Å². The normalized spacial score (nSPS) is 16.7. The van der Waals surface area contributed by atoms with Gasteiger partial charge in [0.25, 0.3) is 5.91 Å². The van der Waals surface area contributed by atoms with Crippen LogP contribution in [-0.4, -0.2) is 39.9 Å². The summed E-state index contributed by atoms with van der Waals surface area (Å²) in [5, 5.41) is 22.1. The molecule has 0 bridgehead atoms. The minimum atomic E-state index is -1.34. The van der Waals surface area contributed by atoms with Crippen LogP contribution in [0.3, 0.4) is 0 Å². The van der Waals surface area contributed by atoms with Crippen molar-refractivity contribution in [3.8, 4) is 0 Å². The molecule has 2 unspecified atom stereocenters. The number of hydrogen-bond acceptors (Lipinski definition) is 3. The Morgan fingerprint density at radius 2 is 2.12 bits per heavy atom. The van der Waals surface area contributed by atoms with Gasteiger partial charge in [0.2, 0.25) is 12.4 Å². The topological polar surface area (TPSA) is 73.4 Å². The SMILES string of the molecule is O=C(NC(CF)C(O)C1=CCC=C(c2ccc[n+](O)c2)C=C1)C(Cl)Cl. The summed E-state index contributed by atoms with van der Waals surface area (Å²) >= 11 is 10.9. The first-order valence-corrected chi connectivity index (χ1v) is 8.41. The van der Waals surface area contributed by atoms with Crippen LogP contribution in [0.2, 0.25) is 0 Å². The molecule has 1 amide bonds. The molecule has 0 saturated heterocycles. The quantitative estimate of drug-likeness (QED) is 0.397. The number of carbonyl (C=O) groups is 1. The molecule has 0 radical (unpaired) electrons. The van der Waals surface area contributed by atoms with Gasteiger partial charge in [-0.1, -0.05) is 47.5 Å². The Balaban J connectivity index is 2.12. The fourth-order valence-corrected chi connectivity index (χ4v) is 2.52. The maximum Gasteiger partial charge on any atom is 0.253 e. The number of amides is 1. The van der Waals surface area contributed by atoms with Crippen LogP contribution in [0.4, 0.5) is 4.39 Å². The molecule has 0 aromatic carbocycles. The van der Waals surface area contributed by atoms with Crippen molar-refractivity contribution in [3.63, 3.8) is 0 Å². The Bertz CT molecular complexity index is 720. The van der Waals surface area contributed by atoms with Crippen molar-refractivity contribution in [2.24, 2.45) is 0 Å². The predicted octanol–water partition coefficient (Wildman–Crippen LogP) is 2.10. The van der Waals surface area contributed by atoms with Crippen LogP contribution in [-0.2, 0) is 4.79 Å². The Labute approximate surface area is 154 Å². The number of carbonyl (C=O) groups excluding carboxylic acids is 1. The Kier molecular flexibility index (Phi) is 6.99. The highest BCUT2D eigenvalue weighted by molar-refractivity contribution is 6.53. The summed E-state index contributed by atoms with van der Waals surface area (Å²) in [4.78, 5) is 10.2. The number of aromatic nitrogens is 1. The van der Waals surface area contributed by atoms with E-state index in [-0.39, 0.29) is 0 Å². The average molecular weight is 388 g/mol. The largest absolute Gasteiger partial charge is 0.386 e. The van der Waals surface area contributed by atoms with Crippen molar-refractivity contribution >= 4 is 34.7 Å².